The van der Waals surface area contributed by atoms with E-state index in [9.17, 15) is 0 Å². The van der Waals surface area contributed by atoms with Gasteiger partial charge in [0.2, 0.25) is 0 Å². The van der Waals surface area contributed by atoms with E-state index in [0.29, 0.717) is 0 Å². The maximum atomic E-state index is 8.88. The molecule has 3 N–H and O–H groups in total. The molecule has 9 heteroatoms. The summed E-state index contributed by atoms with van der Waals surface area (Å²) in [7, 11) is -4.64. The van der Waals surface area contributed by atoms with Crippen LogP contribution in [0.15, 0.2) is 0 Å². The molecule has 9 heavy (non-hydrogen) atoms. The van der Waals surface area contributed by atoms with Crippen molar-refractivity contribution in [3.63, 3.8) is 0 Å². The topological polar surface area (TPSA) is 77.8 Å². The van der Waals surface area contributed by atoms with E-state index in [1.165, 1.54) is 0 Å². The Morgan fingerprint density at radius 3 is 1.00 bits per heavy atom. The number of hydrogen-bond donors (Lipinski definition) is 3. The van der Waals surface area contributed by atoms with Crippen LogP contribution in [0.25, 0.3) is 0 Å². The van der Waals surface area contributed by atoms with Crippen molar-refractivity contribution in [2.75, 3.05) is 0 Å². The zero-order valence-electron chi connectivity index (χ0n) is 5.42. The van der Waals surface area contributed by atoms with Crippen LogP contribution in [0.4, 0.5) is 0 Å². The fourth-order valence-electron chi connectivity index (χ4n) is 0. The van der Waals surface area contributed by atoms with Gasteiger partial charge in [0.25, 0.3) is 0 Å². The van der Waals surface area contributed by atoms with Crippen molar-refractivity contribution >= 4 is 45.0 Å². The minimum absolute atomic E-state index is 0. The van der Waals surface area contributed by atoms with Crippen molar-refractivity contribution in [2.45, 2.75) is 0 Å². The van der Waals surface area contributed by atoms with Crippen molar-refractivity contribution in [2.24, 2.45) is 0 Å². The van der Waals surface area contributed by atoms with Gasteiger partial charge in [-0.25, -0.2) is 4.57 Å². The Hall–Kier alpha value is 2.62. The number of hydrogen-bond acceptors (Lipinski definition) is 1. The van der Waals surface area contributed by atoms with E-state index in [2.05, 4.69) is 0 Å². The number of phosphoric acid groups is 1. The van der Waals surface area contributed by atoms with Gasteiger partial charge >= 0.3 is 59.2 Å². The van der Waals surface area contributed by atoms with Crippen molar-refractivity contribution in [3.05, 3.63) is 0 Å². The van der Waals surface area contributed by atoms with E-state index in [4.69, 9.17) is 19.2 Å². The van der Waals surface area contributed by atoms with Crippen LogP contribution in [0.1, 0.15) is 1.43 Å². The van der Waals surface area contributed by atoms with Gasteiger partial charge in [0, 0.05) is 0 Å². The summed E-state index contributed by atoms with van der Waals surface area (Å²) in [6.45, 7) is 0. The van der Waals surface area contributed by atoms with Crippen LogP contribution in [-0.2, 0) is 4.57 Å². The smallest absolute Gasteiger partial charge is 1.00 e. The molecule has 0 amide bonds. The Bertz CT molecular complexity index is 66.6. The number of rotatable bonds is 0. The van der Waals surface area contributed by atoms with Gasteiger partial charge in [-0.15, -0.1) is 37.2 Å². The summed E-state index contributed by atoms with van der Waals surface area (Å²) in [6, 6.07) is 0. The first-order valence-corrected chi connectivity index (χ1v) is 2.35. The van der Waals surface area contributed by atoms with E-state index in [-0.39, 0.29) is 90.0 Å². The van der Waals surface area contributed by atoms with Crippen LogP contribution < -0.4 is 51.4 Å². The van der Waals surface area contributed by atoms with E-state index in [0.717, 1.165) is 0 Å². The summed E-state index contributed by atoms with van der Waals surface area (Å²) in [6.07, 6.45) is 0. The van der Waals surface area contributed by atoms with Crippen molar-refractivity contribution in [1.29, 1.82) is 0 Å². The molecule has 0 fully saturated rings. The molecular weight excluding hydrogens is 240 g/mol. The molecule has 0 radical (unpaired) electrons. The Labute approximate surface area is 115 Å². The largest absolute Gasteiger partial charge is 1.00 e. The van der Waals surface area contributed by atoms with Crippen LogP contribution in [-0.4, -0.2) is 14.7 Å². The van der Waals surface area contributed by atoms with Gasteiger partial charge in [-0.05, 0) is 0 Å². The van der Waals surface area contributed by atoms with E-state index >= 15 is 0 Å². The van der Waals surface area contributed by atoms with Crippen molar-refractivity contribution < 1.29 is 72.1 Å². The van der Waals surface area contributed by atoms with Crippen LogP contribution in [0.5, 0.6) is 0 Å². The summed E-state index contributed by atoms with van der Waals surface area (Å²) >= 11 is 0. The second-order valence-electron chi connectivity index (χ2n) is 0.513. The molecule has 0 aromatic heterocycles. The minimum Gasteiger partial charge on any atom is -1.00 e. The van der Waals surface area contributed by atoms with Crippen LogP contribution in [0.3, 0.4) is 0 Å². The van der Waals surface area contributed by atoms with Gasteiger partial charge in [0.05, 0.1) is 0 Å². The maximum Gasteiger partial charge on any atom is 1.00 e. The fraction of sp³-hybridized carbons (Fsp3) is 0. The summed E-state index contributed by atoms with van der Waals surface area (Å²) in [5, 5.41) is 0. The molecule has 0 aliphatic carbocycles. The molecule has 0 aliphatic rings. The molecule has 0 rings (SSSR count). The normalized spacial score (nSPS) is 6.56. The Balaban J connectivity index is -0.00000000800. The molecule has 0 heterocycles. The molecule has 0 aromatic rings. The molecular formula is H7Cl3KO4P. The molecule has 0 saturated carbocycles. The van der Waals surface area contributed by atoms with Gasteiger partial charge in [0.15, 0.2) is 0 Å². The minimum atomic E-state index is -4.64. The van der Waals surface area contributed by atoms with E-state index in [1.54, 1.807) is 0 Å². The predicted molar refractivity (Wildman–Crippen MR) is 37.1 cm³/mol. The SMILES string of the molecule is Cl.Cl.Cl.O=P(O)(O)O.[H-].[K+]. The molecule has 0 saturated heterocycles. The first-order valence-electron chi connectivity index (χ1n) is 0.783. The van der Waals surface area contributed by atoms with Crippen LogP contribution >= 0.6 is 45.0 Å². The van der Waals surface area contributed by atoms with Crippen LogP contribution in [0, 0.1) is 0 Å². The zero-order chi connectivity index (χ0) is 4.50. The Morgan fingerprint density at radius 1 is 1.00 bits per heavy atom. The fourth-order valence-corrected chi connectivity index (χ4v) is 0. The summed E-state index contributed by atoms with van der Waals surface area (Å²) < 4.78 is 8.88. The van der Waals surface area contributed by atoms with Crippen molar-refractivity contribution in [3.8, 4) is 0 Å². The first kappa shape index (κ1) is 29.9. The average molecular weight is 247 g/mol. The predicted octanol–water partition coefficient (Wildman–Crippen LogP) is -2.55. The third kappa shape index (κ3) is 115. The summed E-state index contributed by atoms with van der Waals surface area (Å²) in [5.74, 6) is 0. The maximum absolute atomic E-state index is 8.88. The quantitative estimate of drug-likeness (QED) is 0.325. The van der Waals surface area contributed by atoms with Gasteiger partial charge in [-0.3, -0.25) is 0 Å². The Kier molecular flexibility index (Phi) is 43.9. The van der Waals surface area contributed by atoms with Crippen LogP contribution in [0.2, 0.25) is 0 Å². The molecule has 0 unspecified atom stereocenters. The summed E-state index contributed by atoms with van der Waals surface area (Å²) in [4.78, 5) is 21.6. The molecule has 58 valence electrons. The van der Waals surface area contributed by atoms with Gasteiger partial charge in [-0.2, -0.15) is 0 Å². The number of halogens is 3. The standard InChI is InChI=1S/3ClH.K.H3O4P.H/c;;;;1-5(2,3)4;/h3*1H;;(H3,1,2,3,4);/q;;;+1;;-1. The van der Waals surface area contributed by atoms with Gasteiger partial charge in [0.1, 0.15) is 0 Å². The Morgan fingerprint density at radius 2 is 1.00 bits per heavy atom. The second-order valence-corrected chi connectivity index (χ2v) is 1.54. The summed E-state index contributed by atoms with van der Waals surface area (Å²) in [5.41, 5.74) is 0. The third-order valence-electron chi connectivity index (χ3n) is 0. The van der Waals surface area contributed by atoms with Gasteiger partial charge in [-0.1, -0.05) is 0 Å². The average Bonchev–Trinajstić information content (AvgIpc) is 0.722. The molecule has 0 spiro atoms. The van der Waals surface area contributed by atoms with Crippen molar-refractivity contribution in [1.82, 2.24) is 0 Å². The first-order chi connectivity index (χ1) is 2.00. The third-order valence-corrected chi connectivity index (χ3v) is 0. The zero-order valence-corrected chi connectivity index (χ0v) is 10.9. The molecule has 0 aromatic carbocycles. The van der Waals surface area contributed by atoms with Gasteiger partial charge < -0.3 is 16.1 Å². The van der Waals surface area contributed by atoms with E-state index < -0.39 is 7.82 Å². The molecule has 4 nitrogen and oxygen atoms in total. The molecule has 0 atom stereocenters. The molecule has 0 aliphatic heterocycles. The monoisotopic (exact) mass is 246 g/mol. The molecule has 0 bridgehead atoms. The van der Waals surface area contributed by atoms with E-state index in [1.807, 2.05) is 0 Å². The second kappa shape index (κ2) is 13.2.